The largest absolute Gasteiger partial charge is 0.327 e. The van der Waals surface area contributed by atoms with E-state index in [-0.39, 0.29) is 17.7 Å². The van der Waals surface area contributed by atoms with Crippen LogP contribution >= 0.6 is 15.9 Å². The van der Waals surface area contributed by atoms with Crippen LogP contribution in [0.1, 0.15) is 22.8 Å². The molecule has 0 aliphatic heterocycles. The van der Waals surface area contributed by atoms with Gasteiger partial charge in [-0.15, -0.1) is 0 Å². The fourth-order valence-corrected chi connectivity index (χ4v) is 2.27. The number of benzene rings is 1. The number of Topliss-reactive ketones (excluding diaryl/α,β-unsaturated/α-hetero) is 1. The first-order valence-corrected chi connectivity index (χ1v) is 5.47. The van der Waals surface area contributed by atoms with E-state index in [1.807, 2.05) is 25.1 Å². The molecule has 14 heavy (non-hydrogen) atoms. The Morgan fingerprint density at radius 3 is 2.93 bits per heavy atom. The number of ketones is 1. The quantitative estimate of drug-likeness (QED) is 0.834. The highest BCUT2D eigenvalue weighted by Crippen LogP contribution is 2.30. The van der Waals surface area contributed by atoms with Gasteiger partial charge in [0.2, 0.25) is 0 Å². The van der Waals surface area contributed by atoms with Crippen molar-refractivity contribution in [2.75, 3.05) is 0 Å². The molecule has 0 saturated heterocycles. The average Bonchev–Trinajstić information content (AvgIpc) is 2.44. The fourth-order valence-electron chi connectivity index (χ4n) is 1.91. The van der Waals surface area contributed by atoms with Crippen molar-refractivity contribution >= 4 is 21.7 Å². The third-order valence-electron chi connectivity index (χ3n) is 2.75. The first-order valence-electron chi connectivity index (χ1n) is 4.68. The number of hydrogen-bond donors (Lipinski definition) is 1. The Balaban J connectivity index is 2.41. The Morgan fingerprint density at radius 2 is 2.29 bits per heavy atom. The monoisotopic (exact) mass is 253 g/mol. The van der Waals surface area contributed by atoms with Gasteiger partial charge in [-0.1, -0.05) is 22.0 Å². The van der Waals surface area contributed by atoms with Gasteiger partial charge in [0.25, 0.3) is 0 Å². The molecule has 2 atom stereocenters. The van der Waals surface area contributed by atoms with Crippen molar-refractivity contribution in [1.82, 2.24) is 0 Å². The van der Waals surface area contributed by atoms with Gasteiger partial charge in [-0.05, 0) is 31.0 Å². The summed E-state index contributed by atoms with van der Waals surface area (Å²) in [6.07, 6.45) is 0.791. The van der Waals surface area contributed by atoms with Crippen LogP contribution in [0.15, 0.2) is 22.7 Å². The molecule has 74 valence electrons. The number of carbonyl (C=O) groups is 1. The highest BCUT2D eigenvalue weighted by molar-refractivity contribution is 9.10. The number of fused-ring (bicyclic) bond motifs is 1. The Hall–Kier alpha value is -0.670. The third kappa shape index (κ3) is 1.51. The summed E-state index contributed by atoms with van der Waals surface area (Å²) < 4.78 is 0.954. The van der Waals surface area contributed by atoms with Crippen molar-refractivity contribution in [3.63, 3.8) is 0 Å². The van der Waals surface area contributed by atoms with E-state index >= 15 is 0 Å². The van der Waals surface area contributed by atoms with E-state index in [4.69, 9.17) is 5.73 Å². The summed E-state index contributed by atoms with van der Waals surface area (Å²) in [7, 11) is 0. The van der Waals surface area contributed by atoms with E-state index in [1.54, 1.807) is 0 Å². The predicted molar refractivity (Wildman–Crippen MR) is 59.3 cm³/mol. The lowest BCUT2D eigenvalue weighted by Gasteiger charge is -2.11. The lowest BCUT2D eigenvalue weighted by atomic mass is 9.98. The van der Waals surface area contributed by atoms with Gasteiger partial charge in [-0.3, -0.25) is 4.79 Å². The molecule has 0 fully saturated rings. The maximum atomic E-state index is 11.9. The number of halogens is 1. The van der Waals surface area contributed by atoms with Crippen LogP contribution in [-0.4, -0.2) is 11.8 Å². The van der Waals surface area contributed by atoms with Crippen molar-refractivity contribution in [3.05, 3.63) is 33.8 Å². The zero-order valence-electron chi connectivity index (χ0n) is 7.96. The van der Waals surface area contributed by atoms with Crippen molar-refractivity contribution in [1.29, 1.82) is 0 Å². The SMILES string of the molecule is CC(N)C1Cc2ccc(Br)cc2C1=O. The van der Waals surface area contributed by atoms with Gasteiger partial charge in [0.05, 0.1) is 0 Å². The molecule has 2 nitrogen and oxygen atoms in total. The second-order valence-electron chi connectivity index (χ2n) is 3.84. The smallest absolute Gasteiger partial charge is 0.168 e. The van der Waals surface area contributed by atoms with Crippen LogP contribution < -0.4 is 5.73 Å². The van der Waals surface area contributed by atoms with Crippen LogP contribution in [0.4, 0.5) is 0 Å². The number of rotatable bonds is 1. The van der Waals surface area contributed by atoms with Gasteiger partial charge in [-0.2, -0.15) is 0 Å². The minimum atomic E-state index is -0.0614. The highest BCUT2D eigenvalue weighted by atomic mass is 79.9. The van der Waals surface area contributed by atoms with Crippen LogP contribution in [0, 0.1) is 5.92 Å². The Bertz CT molecular complexity index is 387. The molecule has 0 aromatic heterocycles. The molecule has 0 saturated carbocycles. The number of nitrogens with two attached hydrogens (primary N) is 1. The topological polar surface area (TPSA) is 43.1 Å². The van der Waals surface area contributed by atoms with E-state index in [9.17, 15) is 4.79 Å². The molecule has 1 aromatic carbocycles. The molecule has 0 spiro atoms. The number of hydrogen-bond acceptors (Lipinski definition) is 2. The first-order chi connectivity index (χ1) is 6.59. The lowest BCUT2D eigenvalue weighted by molar-refractivity contribution is 0.0924. The molecule has 1 aromatic rings. The molecule has 0 radical (unpaired) electrons. The van der Waals surface area contributed by atoms with Crippen LogP contribution in [0.3, 0.4) is 0 Å². The molecular formula is C11H12BrNO. The first kappa shape index (κ1) is 9.87. The lowest BCUT2D eigenvalue weighted by Crippen LogP contribution is -2.30. The molecule has 2 rings (SSSR count). The minimum absolute atomic E-state index is 0.0284. The summed E-state index contributed by atoms with van der Waals surface area (Å²) in [5, 5.41) is 0. The van der Waals surface area contributed by atoms with Gasteiger partial charge in [-0.25, -0.2) is 0 Å². The van der Waals surface area contributed by atoms with Gasteiger partial charge < -0.3 is 5.73 Å². The van der Waals surface area contributed by atoms with Crippen molar-refractivity contribution in [2.24, 2.45) is 11.7 Å². The summed E-state index contributed by atoms with van der Waals surface area (Å²) >= 11 is 3.37. The van der Waals surface area contributed by atoms with Gasteiger partial charge in [0.15, 0.2) is 5.78 Å². The third-order valence-corrected chi connectivity index (χ3v) is 3.24. The predicted octanol–water partition coefficient (Wildman–Crippen LogP) is 2.15. The summed E-state index contributed by atoms with van der Waals surface area (Å²) in [4.78, 5) is 11.9. The normalized spacial score (nSPS) is 22.2. The Kier molecular flexibility index (Phi) is 2.45. The van der Waals surface area contributed by atoms with Crippen LogP contribution in [0.25, 0.3) is 0 Å². The minimum Gasteiger partial charge on any atom is -0.327 e. The summed E-state index contributed by atoms with van der Waals surface area (Å²) in [6.45, 7) is 1.89. The molecule has 0 amide bonds. The molecule has 1 aliphatic carbocycles. The molecule has 1 aliphatic rings. The van der Waals surface area contributed by atoms with Crippen LogP contribution in [0.2, 0.25) is 0 Å². The van der Waals surface area contributed by atoms with E-state index in [0.717, 1.165) is 22.0 Å². The zero-order valence-corrected chi connectivity index (χ0v) is 9.54. The van der Waals surface area contributed by atoms with E-state index in [1.165, 1.54) is 0 Å². The maximum Gasteiger partial charge on any atom is 0.168 e. The van der Waals surface area contributed by atoms with E-state index in [2.05, 4.69) is 15.9 Å². The van der Waals surface area contributed by atoms with Crippen LogP contribution in [0.5, 0.6) is 0 Å². The van der Waals surface area contributed by atoms with Crippen molar-refractivity contribution in [3.8, 4) is 0 Å². The summed E-state index contributed by atoms with van der Waals surface area (Å²) in [5.41, 5.74) is 7.73. The standard InChI is InChI=1S/C11H12BrNO/c1-6(13)9-4-7-2-3-8(12)5-10(7)11(9)14/h2-3,5-6,9H,4,13H2,1H3. The fraction of sp³-hybridized carbons (Fsp3) is 0.364. The number of carbonyl (C=O) groups excluding carboxylic acids is 1. The second kappa shape index (κ2) is 3.48. The second-order valence-corrected chi connectivity index (χ2v) is 4.75. The molecule has 0 bridgehead atoms. The molecule has 3 heteroatoms. The average molecular weight is 254 g/mol. The summed E-state index contributed by atoms with van der Waals surface area (Å²) in [6, 6.07) is 5.80. The van der Waals surface area contributed by atoms with E-state index < -0.39 is 0 Å². The van der Waals surface area contributed by atoms with Gasteiger partial charge in [0.1, 0.15) is 0 Å². The van der Waals surface area contributed by atoms with Gasteiger partial charge in [0, 0.05) is 22.0 Å². The molecular weight excluding hydrogens is 242 g/mol. The van der Waals surface area contributed by atoms with Crippen molar-refractivity contribution < 1.29 is 4.79 Å². The maximum absolute atomic E-state index is 11.9. The molecule has 2 unspecified atom stereocenters. The Labute approximate surface area is 91.6 Å². The van der Waals surface area contributed by atoms with Crippen LogP contribution in [-0.2, 0) is 6.42 Å². The van der Waals surface area contributed by atoms with E-state index in [0.29, 0.717) is 0 Å². The Morgan fingerprint density at radius 1 is 1.57 bits per heavy atom. The molecule has 2 N–H and O–H groups in total. The van der Waals surface area contributed by atoms with Gasteiger partial charge >= 0.3 is 0 Å². The van der Waals surface area contributed by atoms with Crippen molar-refractivity contribution in [2.45, 2.75) is 19.4 Å². The molecule has 0 heterocycles. The zero-order chi connectivity index (χ0) is 10.3. The summed E-state index contributed by atoms with van der Waals surface area (Å²) in [5.74, 6) is 0.163. The highest BCUT2D eigenvalue weighted by Gasteiger charge is 2.32.